The predicted octanol–water partition coefficient (Wildman–Crippen LogP) is 0.598. The van der Waals surface area contributed by atoms with E-state index < -0.39 is 5.97 Å². The largest absolute Gasteiger partial charge is 0.494 e. The Balaban J connectivity index is 1.44. The van der Waals surface area contributed by atoms with Crippen molar-refractivity contribution >= 4 is 5.97 Å². The number of rotatable bonds is 8. The van der Waals surface area contributed by atoms with E-state index in [1.807, 2.05) is 0 Å². The zero-order valence-corrected chi connectivity index (χ0v) is 14.1. The minimum Gasteiger partial charge on any atom is -0.494 e. The van der Waals surface area contributed by atoms with E-state index in [9.17, 15) is 9.18 Å². The van der Waals surface area contributed by atoms with Crippen LogP contribution in [0, 0.1) is 17.7 Å². The molecule has 0 spiro atoms. The molecule has 0 amide bonds. The molecule has 7 nitrogen and oxygen atoms in total. The van der Waals surface area contributed by atoms with Gasteiger partial charge < -0.3 is 14.7 Å². The van der Waals surface area contributed by atoms with Gasteiger partial charge in [-0.25, -0.2) is 15.2 Å². The van der Waals surface area contributed by atoms with Gasteiger partial charge in [-0.15, -0.1) is 0 Å². The standard InChI is InChI=1S/C17H25FN4O3/c18-13-2-4-14(5-3-13)25-7-1-6-22-10-12(8-17(23)24)15(11-22)16-9-19-21-20-16/h2-5,12,15-16,19-21H,1,6-11H2,(H,23,24)/t12-,15+,16?/m1/s1. The Labute approximate surface area is 146 Å². The first-order chi connectivity index (χ1) is 12.1. The number of hydrogen-bond acceptors (Lipinski definition) is 6. The number of halogens is 1. The SMILES string of the molecule is O=C(O)C[C@@H]1CN(CCCOc2ccc(F)cc2)C[C@@H]1C1CNNN1. The molecule has 3 atom stereocenters. The van der Waals surface area contributed by atoms with Gasteiger partial charge >= 0.3 is 5.97 Å². The summed E-state index contributed by atoms with van der Waals surface area (Å²) in [7, 11) is 0. The van der Waals surface area contributed by atoms with E-state index >= 15 is 0 Å². The summed E-state index contributed by atoms with van der Waals surface area (Å²) in [6, 6.07) is 6.25. The van der Waals surface area contributed by atoms with Crippen molar-refractivity contribution in [1.82, 2.24) is 21.3 Å². The molecule has 4 N–H and O–H groups in total. The highest BCUT2D eigenvalue weighted by atomic mass is 19.1. The van der Waals surface area contributed by atoms with Crippen LogP contribution >= 0.6 is 0 Å². The quantitative estimate of drug-likeness (QED) is 0.510. The van der Waals surface area contributed by atoms with Crippen molar-refractivity contribution in [2.75, 3.05) is 32.8 Å². The maximum absolute atomic E-state index is 12.9. The van der Waals surface area contributed by atoms with Crippen molar-refractivity contribution in [3.05, 3.63) is 30.1 Å². The summed E-state index contributed by atoms with van der Waals surface area (Å²) in [6.07, 6.45) is 1.05. The lowest BCUT2D eigenvalue weighted by Gasteiger charge is -2.22. The van der Waals surface area contributed by atoms with Gasteiger partial charge in [0.05, 0.1) is 6.61 Å². The smallest absolute Gasteiger partial charge is 0.303 e. The lowest BCUT2D eigenvalue weighted by Crippen LogP contribution is -2.41. The predicted molar refractivity (Wildman–Crippen MR) is 90.2 cm³/mol. The third-order valence-electron chi connectivity index (χ3n) is 4.89. The monoisotopic (exact) mass is 352 g/mol. The van der Waals surface area contributed by atoms with Crippen LogP contribution in [0.2, 0.25) is 0 Å². The molecular formula is C17H25FN4O3. The van der Waals surface area contributed by atoms with Crippen LogP contribution in [0.1, 0.15) is 12.8 Å². The van der Waals surface area contributed by atoms with Gasteiger partial charge in [-0.2, -0.15) is 5.53 Å². The van der Waals surface area contributed by atoms with E-state index in [0.717, 1.165) is 32.6 Å². The fourth-order valence-corrected chi connectivity index (χ4v) is 3.69. The van der Waals surface area contributed by atoms with Crippen molar-refractivity contribution in [3.8, 4) is 5.75 Å². The van der Waals surface area contributed by atoms with Gasteiger partial charge in [-0.3, -0.25) is 4.79 Å². The molecule has 1 aromatic carbocycles. The number of likely N-dealkylation sites (tertiary alicyclic amines) is 1. The van der Waals surface area contributed by atoms with E-state index in [1.54, 1.807) is 12.1 Å². The first-order valence-corrected chi connectivity index (χ1v) is 8.68. The minimum atomic E-state index is -0.740. The maximum Gasteiger partial charge on any atom is 0.303 e. The van der Waals surface area contributed by atoms with Crippen LogP contribution in [0.25, 0.3) is 0 Å². The maximum atomic E-state index is 12.9. The zero-order chi connectivity index (χ0) is 17.6. The molecule has 2 aliphatic heterocycles. The van der Waals surface area contributed by atoms with Crippen LogP contribution in [0.5, 0.6) is 5.75 Å². The topological polar surface area (TPSA) is 85.9 Å². The lowest BCUT2D eigenvalue weighted by molar-refractivity contribution is -0.138. The van der Waals surface area contributed by atoms with E-state index in [2.05, 4.69) is 21.3 Å². The van der Waals surface area contributed by atoms with Crippen molar-refractivity contribution in [2.45, 2.75) is 18.9 Å². The lowest BCUT2D eigenvalue weighted by atomic mass is 9.87. The number of nitrogens with one attached hydrogen (secondary N) is 3. The number of carboxylic acids is 1. The molecule has 2 fully saturated rings. The average molecular weight is 352 g/mol. The second-order valence-corrected chi connectivity index (χ2v) is 6.69. The summed E-state index contributed by atoms with van der Waals surface area (Å²) in [5.41, 5.74) is 9.12. The molecule has 25 heavy (non-hydrogen) atoms. The van der Waals surface area contributed by atoms with E-state index in [0.29, 0.717) is 18.3 Å². The summed E-state index contributed by atoms with van der Waals surface area (Å²) in [4.78, 5) is 13.5. The van der Waals surface area contributed by atoms with E-state index in [4.69, 9.17) is 9.84 Å². The molecule has 1 aromatic rings. The Morgan fingerprint density at radius 2 is 2.12 bits per heavy atom. The van der Waals surface area contributed by atoms with Gasteiger partial charge in [0.15, 0.2) is 0 Å². The Morgan fingerprint density at radius 3 is 2.80 bits per heavy atom. The summed E-state index contributed by atoms with van der Waals surface area (Å²) >= 11 is 0. The number of carbonyl (C=O) groups is 1. The third-order valence-corrected chi connectivity index (χ3v) is 4.89. The first kappa shape index (κ1) is 18.1. The third kappa shape index (κ3) is 5.12. The molecular weight excluding hydrogens is 327 g/mol. The molecule has 0 aliphatic carbocycles. The second kappa shape index (κ2) is 8.57. The Kier molecular flexibility index (Phi) is 6.19. The van der Waals surface area contributed by atoms with Crippen molar-refractivity contribution in [2.24, 2.45) is 11.8 Å². The van der Waals surface area contributed by atoms with Gasteiger partial charge in [-0.1, -0.05) is 0 Å². The number of hydrogen-bond donors (Lipinski definition) is 4. The van der Waals surface area contributed by atoms with Crippen molar-refractivity contribution in [1.29, 1.82) is 0 Å². The number of ether oxygens (including phenoxy) is 1. The second-order valence-electron chi connectivity index (χ2n) is 6.69. The van der Waals surface area contributed by atoms with Gasteiger partial charge in [-0.05, 0) is 42.5 Å². The molecule has 3 rings (SSSR count). The zero-order valence-electron chi connectivity index (χ0n) is 14.1. The minimum absolute atomic E-state index is 0.148. The summed E-state index contributed by atoms with van der Waals surface area (Å²) < 4.78 is 18.5. The van der Waals surface area contributed by atoms with Gasteiger partial charge in [0.2, 0.25) is 0 Å². The van der Waals surface area contributed by atoms with Crippen LogP contribution < -0.4 is 21.1 Å². The highest BCUT2D eigenvalue weighted by molar-refractivity contribution is 5.67. The highest BCUT2D eigenvalue weighted by Gasteiger charge is 2.39. The van der Waals surface area contributed by atoms with Gasteiger partial charge in [0.25, 0.3) is 0 Å². The van der Waals surface area contributed by atoms with Crippen LogP contribution in [0.15, 0.2) is 24.3 Å². The summed E-state index contributed by atoms with van der Waals surface area (Å²) in [5, 5.41) is 9.16. The van der Waals surface area contributed by atoms with Crippen molar-refractivity contribution in [3.63, 3.8) is 0 Å². The molecule has 8 heteroatoms. The van der Waals surface area contributed by atoms with Gasteiger partial charge in [0.1, 0.15) is 11.6 Å². The molecule has 138 valence electrons. The number of aliphatic carboxylic acids is 1. The fraction of sp³-hybridized carbons (Fsp3) is 0.588. The number of hydrazine groups is 2. The van der Waals surface area contributed by atoms with Crippen LogP contribution in [-0.2, 0) is 4.79 Å². The Bertz CT molecular complexity index is 566. The van der Waals surface area contributed by atoms with E-state index in [1.165, 1.54) is 12.1 Å². The normalized spacial score (nSPS) is 26.8. The van der Waals surface area contributed by atoms with Crippen LogP contribution in [-0.4, -0.2) is 54.8 Å². The Hall–Kier alpha value is -1.74. The number of nitrogens with zero attached hydrogens (tertiary/aromatic N) is 1. The Morgan fingerprint density at radius 1 is 1.32 bits per heavy atom. The fourth-order valence-electron chi connectivity index (χ4n) is 3.69. The number of carboxylic acid groups (broad SMARTS) is 1. The molecule has 2 heterocycles. The molecule has 0 radical (unpaired) electrons. The number of benzene rings is 1. The molecule has 2 saturated heterocycles. The summed E-state index contributed by atoms with van der Waals surface area (Å²) in [5.74, 6) is 0.0999. The highest BCUT2D eigenvalue weighted by Crippen LogP contribution is 2.29. The molecule has 2 aliphatic rings. The summed E-state index contributed by atoms with van der Waals surface area (Å²) in [6.45, 7) is 3.89. The molecule has 0 saturated carbocycles. The van der Waals surface area contributed by atoms with E-state index in [-0.39, 0.29) is 24.2 Å². The van der Waals surface area contributed by atoms with Gasteiger partial charge in [0, 0.05) is 38.6 Å². The van der Waals surface area contributed by atoms with Crippen molar-refractivity contribution < 1.29 is 19.0 Å². The average Bonchev–Trinajstić information content (AvgIpc) is 3.22. The van der Waals surface area contributed by atoms with Crippen LogP contribution in [0.4, 0.5) is 4.39 Å². The first-order valence-electron chi connectivity index (χ1n) is 8.68. The molecule has 1 unspecified atom stereocenters. The molecule has 0 bridgehead atoms. The molecule has 0 aromatic heterocycles. The van der Waals surface area contributed by atoms with Crippen LogP contribution in [0.3, 0.4) is 0 Å².